The molecular formula is C17H37O10P. The van der Waals surface area contributed by atoms with Gasteiger partial charge in [-0.2, -0.15) is 0 Å². The van der Waals surface area contributed by atoms with Gasteiger partial charge in [0.05, 0.1) is 6.61 Å². The first-order valence-corrected chi connectivity index (χ1v) is 11.3. The molecule has 0 bridgehead atoms. The van der Waals surface area contributed by atoms with Gasteiger partial charge in [-0.25, -0.2) is 9.45 Å². The second kappa shape index (κ2) is 24.5. The monoisotopic (exact) mass is 432 g/mol. The zero-order chi connectivity index (χ0) is 21.3. The molecule has 0 aromatic rings. The van der Waals surface area contributed by atoms with E-state index in [1.807, 2.05) is 0 Å². The van der Waals surface area contributed by atoms with Crippen molar-refractivity contribution in [2.75, 3.05) is 6.61 Å². The van der Waals surface area contributed by atoms with E-state index >= 15 is 0 Å². The Morgan fingerprint density at radius 3 is 1.61 bits per heavy atom. The molecular weight excluding hydrogens is 395 g/mol. The summed E-state index contributed by atoms with van der Waals surface area (Å²) in [5, 5.41) is 16.5. The Balaban J connectivity index is 0. The minimum absolute atomic E-state index is 0.455. The molecule has 0 aromatic carbocycles. The molecule has 0 aliphatic rings. The summed E-state index contributed by atoms with van der Waals surface area (Å²) < 4.78 is 8.88. The Bertz CT molecular complexity index is 354. The van der Waals surface area contributed by atoms with Crippen molar-refractivity contribution in [3.05, 3.63) is 12.3 Å². The molecule has 10 nitrogen and oxygen atoms in total. The molecule has 0 rings (SSSR count). The van der Waals surface area contributed by atoms with Crippen LogP contribution in [0.3, 0.4) is 0 Å². The molecule has 0 radical (unpaired) electrons. The van der Waals surface area contributed by atoms with Crippen molar-refractivity contribution in [1.29, 1.82) is 0 Å². The SMILES string of the molecule is CC=COOOOOOCCCCCCCCCCCCCC.O=P(O)(O)O. The van der Waals surface area contributed by atoms with Gasteiger partial charge >= 0.3 is 7.82 Å². The van der Waals surface area contributed by atoms with Crippen LogP contribution < -0.4 is 0 Å². The second-order valence-corrected chi connectivity index (χ2v) is 7.09. The van der Waals surface area contributed by atoms with Crippen molar-refractivity contribution < 1.29 is 49.2 Å². The van der Waals surface area contributed by atoms with Crippen LogP contribution in [0, 0.1) is 0 Å². The van der Waals surface area contributed by atoms with Crippen LogP contribution in [0.2, 0.25) is 0 Å². The Hall–Kier alpha value is -0.550. The third kappa shape index (κ3) is 40.2. The number of phosphoric acid groups is 1. The zero-order valence-corrected chi connectivity index (χ0v) is 17.9. The van der Waals surface area contributed by atoms with Gasteiger partial charge in [-0.15, -0.1) is 0 Å². The minimum Gasteiger partial charge on any atom is -0.314 e. The highest BCUT2D eigenvalue weighted by Crippen LogP contribution is 2.25. The maximum atomic E-state index is 8.88. The summed E-state index contributed by atoms with van der Waals surface area (Å²) >= 11 is 0. The summed E-state index contributed by atoms with van der Waals surface area (Å²) in [4.78, 5) is 30.6. The van der Waals surface area contributed by atoms with Crippen molar-refractivity contribution in [3.8, 4) is 0 Å². The maximum Gasteiger partial charge on any atom is 0.466 e. The molecule has 0 aliphatic carbocycles. The summed E-state index contributed by atoms with van der Waals surface area (Å²) in [6, 6.07) is 0. The predicted octanol–water partition coefficient (Wildman–Crippen LogP) is 4.97. The van der Waals surface area contributed by atoms with Gasteiger partial charge in [0.25, 0.3) is 0 Å². The Morgan fingerprint density at radius 2 is 1.14 bits per heavy atom. The third-order valence-corrected chi connectivity index (χ3v) is 3.44. The average molecular weight is 432 g/mol. The lowest BCUT2D eigenvalue weighted by atomic mass is 10.1. The fraction of sp³-hybridized carbons (Fsp3) is 0.882. The summed E-state index contributed by atoms with van der Waals surface area (Å²) in [5.74, 6) is 0. The van der Waals surface area contributed by atoms with Crippen molar-refractivity contribution >= 4 is 7.82 Å². The van der Waals surface area contributed by atoms with E-state index in [1.165, 1.54) is 70.5 Å². The Morgan fingerprint density at radius 1 is 0.714 bits per heavy atom. The maximum absolute atomic E-state index is 8.88. The van der Waals surface area contributed by atoms with E-state index in [0.717, 1.165) is 12.8 Å². The molecule has 0 saturated heterocycles. The van der Waals surface area contributed by atoms with Crippen molar-refractivity contribution in [2.45, 2.75) is 90.9 Å². The van der Waals surface area contributed by atoms with Crippen LogP contribution in [0.5, 0.6) is 0 Å². The number of allylic oxidation sites excluding steroid dienone is 1. The van der Waals surface area contributed by atoms with Crippen LogP contribution in [0.25, 0.3) is 0 Å². The van der Waals surface area contributed by atoms with Gasteiger partial charge in [-0.1, -0.05) is 77.6 Å². The predicted molar refractivity (Wildman–Crippen MR) is 102 cm³/mol. The van der Waals surface area contributed by atoms with E-state index in [4.69, 9.17) is 24.1 Å². The summed E-state index contributed by atoms with van der Waals surface area (Å²) in [6.45, 7) is 4.47. The van der Waals surface area contributed by atoms with Gasteiger partial charge < -0.3 is 19.6 Å². The molecule has 0 fully saturated rings. The number of hydrogen-bond acceptors (Lipinski definition) is 7. The first-order valence-electron chi connectivity index (χ1n) is 9.76. The normalized spacial score (nSPS) is 11.5. The lowest BCUT2D eigenvalue weighted by Gasteiger charge is -2.03. The number of hydrogen-bond donors (Lipinski definition) is 3. The molecule has 3 N–H and O–H groups in total. The number of unbranched alkanes of at least 4 members (excludes halogenated alkanes) is 11. The quantitative estimate of drug-likeness (QED) is 0.0844. The Kier molecular flexibility index (Phi) is 25.9. The van der Waals surface area contributed by atoms with Crippen LogP contribution in [-0.4, -0.2) is 21.3 Å². The molecule has 0 amide bonds. The largest absolute Gasteiger partial charge is 0.466 e. The van der Waals surface area contributed by atoms with Crippen molar-refractivity contribution in [1.82, 2.24) is 0 Å². The summed E-state index contributed by atoms with van der Waals surface area (Å²) in [7, 11) is -4.64. The highest BCUT2D eigenvalue weighted by atomic mass is 31.2. The molecule has 0 unspecified atom stereocenters. The molecule has 0 spiro atoms. The van der Waals surface area contributed by atoms with Crippen LogP contribution in [0.4, 0.5) is 0 Å². The zero-order valence-electron chi connectivity index (χ0n) is 17.0. The molecule has 11 heteroatoms. The highest BCUT2D eigenvalue weighted by Gasteiger charge is 2.00. The first-order chi connectivity index (χ1) is 13.4. The van der Waals surface area contributed by atoms with E-state index in [9.17, 15) is 0 Å². The van der Waals surface area contributed by atoms with Gasteiger partial charge in [0.1, 0.15) is 6.26 Å². The summed E-state index contributed by atoms with van der Waals surface area (Å²) in [5.41, 5.74) is 0. The van der Waals surface area contributed by atoms with Crippen LogP contribution >= 0.6 is 7.82 Å². The molecule has 0 aromatic heterocycles. The highest BCUT2D eigenvalue weighted by molar-refractivity contribution is 7.45. The molecule has 28 heavy (non-hydrogen) atoms. The standard InChI is InChI=1S/C17H34O6.H3O4P/c1-3-5-6-7-8-9-10-11-12-13-14-15-17-19-21-23-22-20-18-16-4-2;1-5(2,3)4/h4,16H,3,5-15,17H2,1-2H3;(H3,1,2,3,4). The fourth-order valence-electron chi connectivity index (χ4n) is 2.17. The molecule has 170 valence electrons. The minimum atomic E-state index is -4.64. The van der Waals surface area contributed by atoms with Crippen LogP contribution in [0.1, 0.15) is 90.9 Å². The number of rotatable bonds is 19. The molecule has 0 heterocycles. The lowest BCUT2D eigenvalue weighted by Crippen LogP contribution is -2.00. The van der Waals surface area contributed by atoms with E-state index in [0.29, 0.717) is 6.61 Å². The van der Waals surface area contributed by atoms with E-state index in [1.54, 1.807) is 13.0 Å². The molecule has 0 saturated carbocycles. The third-order valence-electron chi connectivity index (χ3n) is 3.44. The van der Waals surface area contributed by atoms with E-state index < -0.39 is 7.82 Å². The second-order valence-electron chi connectivity index (χ2n) is 6.06. The van der Waals surface area contributed by atoms with Crippen molar-refractivity contribution in [3.63, 3.8) is 0 Å². The smallest absolute Gasteiger partial charge is 0.314 e. The lowest BCUT2D eigenvalue weighted by molar-refractivity contribution is -0.751. The van der Waals surface area contributed by atoms with Gasteiger partial charge in [0.2, 0.25) is 0 Å². The fourth-order valence-corrected chi connectivity index (χ4v) is 2.17. The van der Waals surface area contributed by atoms with Gasteiger partial charge in [-0.05, 0) is 29.5 Å². The summed E-state index contributed by atoms with van der Waals surface area (Å²) in [6.07, 6.45) is 18.5. The van der Waals surface area contributed by atoms with Crippen LogP contribution in [-0.2, 0) is 34.5 Å². The van der Waals surface area contributed by atoms with Gasteiger partial charge in [-0.3, -0.25) is 0 Å². The topological polar surface area (TPSA) is 133 Å². The van der Waals surface area contributed by atoms with Gasteiger partial charge in [0.15, 0.2) is 0 Å². The molecule has 0 aliphatic heterocycles. The van der Waals surface area contributed by atoms with Crippen LogP contribution in [0.15, 0.2) is 12.3 Å². The molecule has 0 atom stereocenters. The van der Waals surface area contributed by atoms with E-state index in [-0.39, 0.29) is 0 Å². The Labute approximate surface area is 167 Å². The van der Waals surface area contributed by atoms with Crippen molar-refractivity contribution in [2.24, 2.45) is 0 Å². The van der Waals surface area contributed by atoms with E-state index in [2.05, 4.69) is 32.0 Å². The first kappa shape index (κ1) is 29.6. The van der Waals surface area contributed by atoms with Gasteiger partial charge in [0, 0.05) is 10.1 Å². The average Bonchev–Trinajstić information content (AvgIpc) is 2.62.